The Morgan fingerprint density at radius 1 is 1.17 bits per heavy atom. The minimum atomic E-state index is -0.640. The molecule has 2 N–H and O–H groups in total. The topological polar surface area (TPSA) is 92.9 Å². The maximum atomic E-state index is 12.2. The Balaban J connectivity index is 1.58. The van der Waals surface area contributed by atoms with Crippen molar-refractivity contribution in [1.29, 1.82) is 0 Å². The molecule has 1 heterocycles. The number of aliphatic hydroxyl groups excluding tert-OH is 1. The van der Waals surface area contributed by atoms with Crippen molar-refractivity contribution in [2.75, 3.05) is 6.54 Å². The third-order valence-electron chi connectivity index (χ3n) is 3.53. The van der Waals surface area contributed by atoms with E-state index in [2.05, 4.69) is 20.8 Å². The molecule has 0 radical (unpaired) electrons. The van der Waals surface area contributed by atoms with Crippen LogP contribution in [0.3, 0.4) is 0 Å². The first-order chi connectivity index (χ1) is 11.7. The number of hydrogen-bond acceptors (Lipinski definition) is 5. The van der Waals surface area contributed by atoms with Crippen molar-refractivity contribution in [3.63, 3.8) is 0 Å². The van der Waals surface area contributed by atoms with Gasteiger partial charge in [0, 0.05) is 18.5 Å². The molecule has 1 unspecified atom stereocenters. The van der Waals surface area contributed by atoms with Gasteiger partial charge in [-0.1, -0.05) is 36.4 Å². The van der Waals surface area contributed by atoms with Crippen molar-refractivity contribution in [3.05, 3.63) is 72.1 Å². The summed E-state index contributed by atoms with van der Waals surface area (Å²) in [4.78, 5) is 12.2. The normalized spacial score (nSPS) is 11.9. The summed E-state index contributed by atoms with van der Waals surface area (Å²) in [6.45, 7) is 0.183. The number of rotatable bonds is 6. The Hall–Kier alpha value is -3.06. The van der Waals surface area contributed by atoms with Gasteiger partial charge in [0.05, 0.1) is 11.8 Å². The minimum absolute atomic E-state index is 0.183. The third kappa shape index (κ3) is 4.02. The minimum Gasteiger partial charge on any atom is -0.391 e. The number of nitrogens with zero attached hydrogens (tertiary/aromatic N) is 4. The molecule has 7 heteroatoms. The number of tetrazole rings is 1. The van der Waals surface area contributed by atoms with Gasteiger partial charge in [-0.25, -0.2) is 4.68 Å². The molecule has 24 heavy (non-hydrogen) atoms. The van der Waals surface area contributed by atoms with Gasteiger partial charge in [0.25, 0.3) is 5.91 Å². The zero-order valence-electron chi connectivity index (χ0n) is 12.9. The Labute approximate surface area is 138 Å². The van der Waals surface area contributed by atoms with E-state index in [-0.39, 0.29) is 12.5 Å². The van der Waals surface area contributed by atoms with Crippen LogP contribution in [-0.4, -0.2) is 43.9 Å². The van der Waals surface area contributed by atoms with E-state index in [9.17, 15) is 9.90 Å². The maximum Gasteiger partial charge on any atom is 0.251 e. The van der Waals surface area contributed by atoms with Crippen LogP contribution in [0.4, 0.5) is 0 Å². The predicted molar refractivity (Wildman–Crippen MR) is 87.6 cm³/mol. The second-order valence-corrected chi connectivity index (χ2v) is 5.36. The van der Waals surface area contributed by atoms with Crippen LogP contribution >= 0.6 is 0 Å². The SMILES string of the molecule is O=C(NCC(O)Cc1ccccc1)c1cccc(-n2cnnn2)c1. The fourth-order valence-corrected chi connectivity index (χ4v) is 2.34. The number of benzene rings is 2. The summed E-state index contributed by atoms with van der Waals surface area (Å²) in [7, 11) is 0. The molecule has 0 fully saturated rings. The Morgan fingerprint density at radius 3 is 2.75 bits per heavy atom. The third-order valence-corrected chi connectivity index (χ3v) is 3.53. The van der Waals surface area contributed by atoms with E-state index in [1.165, 1.54) is 11.0 Å². The molecule has 2 aromatic carbocycles. The van der Waals surface area contributed by atoms with Crippen molar-refractivity contribution < 1.29 is 9.90 Å². The van der Waals surface area contributed by atoms with Crippen LogP contribution in [0.15, 0.2) is 60.9 Å². The Morgan fingerprint density at radius 2 is 2.00 bits per heavy atom. The van der Waals surface area contributed by atoms with E-state index in [1.807, 2.05) is 30.3 Å². The van der Waals surface area contributed by atoms with Crippen molar-refractivity contribution in [3.8, 4) is 5.69 Å². The fourth-order valence-electron chi connectivity index (χ4n) is 2.34. The van der Waals surface area contributed by atoms with E-state index in [1.54, 1.807) is 24.3 Å². The lowest BCUT2D eigenvalue weighted by atomic mass is 10.1. The highest BCUT2D eigenvalue weighted by Gasteiger charge is 2.11. The monoisotopic (exact) mass is 323 g/mol. The van der Waals surface area contributed by atoms with Gasteiger partial charge in [-0.2, -0.15) is 0 Å². The number of aromatic nitrogens is 4. The van der Waals surface area contributed by atoms with E-state index in [0.717, 1.165) is 5.56 Å². The van der Waals surface area contributed by atoms with Crippen molar-refractivity contribution in [2.45, 2.75) is 12.5 Å². The first-order valence-corrected chi connectivity index (χ1v) is 7.56. The second-order valence-electron chi connectivity index (χ2n) is 5.36. The van der Waals surface area contributed by atoms with Crippen LogP contribution in [0.1, 0.15) is 15.9 Å². The molecule has 3 rings (SSSR count). The van der Waals surface area contributed by atoms with Crippen LogP contribution < -0.4 is 5.32 Å². The lowest BCUT2D eigenvalue weighted by molar-refractivity contribution is 0.0916. The van der Waals surface area contributed by atoms with Crippen LogP contribution in [0, 0.1) is 0 Å². The number of carbonyl (C=O) groups is 1. The zero-order valence-corrected chi connectivity index (χ0v) is 12.9. The van der Waals surface area contributed by atoms with Crippen molar-refractivity contribution >= 4 is 5.91 Å². The van der Waals surface area contributed by atoms with E-state index in [4.69, 9.17) is 0 Å². The summed E-state index contributed by atoms with van der Waals surface area (Å²) in [6.07, 6.45) is 1.31. The summed E-state index contributed by atoms with van der Waals surface area (Å²) in [5.74, 6) is -0.253. The molecule has 0 aliphatic rings. The molecule has 0 aliphatic carbocycles. The van der Waals surface area contributed by atoms with Gasteiger partial charge in [0.15, 0.2) is 0 Å². The number of carbonyl (C=O) groups excluding carboxylic acids is 1. The lowest BCUT2D eigenvalue weighted by Crippen LogP contribution is -2.33. The molecule has 1 atom stereocenters. The number of nitrogens with one attached hydrogen (secondary N) is 1. The van der Waals surface area contributed by atoms with Gasteiger partial charge >= 0.3 is 0 Å². The Kier molecular flexibility index (Phi) is 4.93. The predicted octanol–water partition coefficient (Wildman–Crippen LogP) is 0.996. The zero-order chi connectivity index (χ0) is 16.8. The molecule has 3 aromatic rings. The standard InChI is InChI=1S/C17H17N5O2/c23-16(9-13-5-2-1-3-6-13)11-18-17(24)14-7-4-8-15(10-14)22-12-19-20-21-22/h1-8,10,12,16,23H,9,11H2,(H,18,24). The highest BCUT2D eigenvalue weighted by atomic mass is 16.3. The number of aliphatic hydroxyl groups is 1. The average Bonchev–Trinajstić information content (AvgIpc) is 3.15. The molecule has 0 saturated heterocycles. The number of amides is 1. The number of hydrogen-bond donors (Lipinski definition) is 2. The first kappa shape index (κ1) is 15.8. The summed E-state index contributed by atoms with van der Waals surface area (Å²) >= 11 is 0. The summed E-state index contributed by atoms with van der Waals surface area (Å²) < 4.78 is 1.47. The molecule has 0 spiro atoms. The molecular weight excluding hydrogens is 306 g/mol. The largest absolute Gasteiger partial charge is 0.391 e. The fraction of sp³-hybridized carbons (Fsp3) is 0.176. The Bertz CT molecular complexity index is 790. The molecular formula is C17H17N5O2. The van der Waals surface area contributed by atoms with Gasteiger partial charge in [0.1, 0.15) is 6.33 Å². The molecule has 0 aliphatic heterocycles. The summed E-state index contributed by atoms with van der Waals surface area (Å²) in [6, 6.07) is 16.6. The molecule has 1 amide bonds. The summed E-state index contributed by atoms with van der Waals surface area (Å²) in [5.41, 5.74) is 2.20. The van der Waals surface area contributed by atoms with Crippen LogP contribution in [0.25, 0.3) is 5.69 Å². The van der Waals surface area contributed by atoms with Crippen LogP contribution in [-0.2, 0) is 6.42 Å². The van der Waals surface area contributed by atoms with Gasteiger partial charge < -0.3 is 10.4 Å². The first-order valence-electron chi connectivity index (χ1n) is 7.56. The van der Waals surface area contributed by atoms with E-state index >= 15 is 0 Å². The smallest absolute Gasteiger partial charge is 0.251 e. The van der Waals surface area contributed by atoms with Gasteiger partial charge in [-0.05, 0) is 34.2 Å². The highest BCUT2D eigenvalue weighted by molar-refractivity contribution is 5.94. The molecule has 1 aromatic heterocycles. The van der Waals surface area contributed by atoms with Gasteiger partial charge in [-0.3, -0.25) is 4.79 Å². The van der Waals surface area contributed by atoms with Crippen molar-refractivity contribution in [2.24, 2.45) is 0 Å². The molecule has 7 nitrogen and oxygen atoms in total. The molecule has 0 saturated carbocycles. The lowest BCUT2D eigenvalue weighted by Gasteiger charge is -2.12. The summed E-state index contributed by atoms with van der Waals surface area (Å²) in [5, 5.41) is 23.7. The molecule has 122 valence electrons. The second kappa shape index (κ2) is 7.47. The van der Waals surface area contributed by atoms with Crippen molar-refractivity contribution in [1.82, 2.24) is 25.5 Å². The average molecular weight is 323 g/mol. The maximum absolute atomic E-state index is 12.2. The van der Waals surface area contributed by atoms with E-state index in [0.29, 0.717) is 17.7 Å². The van der Waals surface area contributed by atoms with E-state index < -0.39 is 6.10 Å². The van der Waals surface area contributed by atoms with Gasteiger partial charge in [-0.15, -0.1) is 5.10 Å². The van der Waals surface area contributed by atoms with Crippen LogP contribution in [0.2, 0.25) is 0 Å². The van der Waals surface area contributed by atoms with Gasteiger partial charge in [0.2, 0.25) is 0 Å². The quantitative estimate of drug-likeness (QED) is 0.706. The van der Waals surface area contributed by atoms with Crippen LogP contribution in [0.5, 0.6) is 0 Å². The molecule has 0 bridgehead atoms. The highest BCUT2D eigenvalue weighted by Crippen LogP contribution is 2.09.